The van der Waals surface area contributed by atoms with Crippen molar-refractivity contribution in [3.63, 3.8) is 0 Å². The van der Waals surface area contributed by atoms with E-state index in [2.05, 4.69) is 10.6 Å². The first-order chi connectivity index (χ1) is 10.1. The number of halogens is 1. The lowest BCUT2D eigenvalue weighted by molar-refractivity contribution is 0.0979. The van der Waals surface area contributed by atoms with E-state index in [9.17, 15) is 14.3 Å². The molecule has 0 aliphatic carbocycles. The molecule has 2 fully saturated rings. The van der Waals surface area contributed by atoms with E-state index in [1.165, 1.54) is 12.1 Å². The zero-order valence-corrected chi connectivity index (χ0v) is 11.6. The summed E-state index contributed by atoms with van der Waals surface area (Å²) >= 11 is 0. The van der Waals surface area contributed by atoms with E-state index in [0.29, 0.717) is 0 Å². The number of carbonyl (C=O) groups is 1. The molecule has 0 radical (unpaired) electrons. The summed E-state index contributed by atoms with van der Waals surface area (Å²) in [6, 6.07) is 5.67. The minimum Gasteiger partial charge on any atom is -0.386 e. The Kier molecular flexibility index (Phi) is 4.07. The Labute approximate surface area is 122 Å². The monoisotopic (exact) mass is 294 g/mol. The molecule has 6 heteroatoms. The maximum atomic E-state index is 13.5. The van der Waals surface area contributed by atoms with Crippen molar-refractivity contribution in [3.05, 3.63) is 35.6 Å². The van der Waals surface area contributed by atoms with E-state index in [-0.39, 0.29) is 36.4 Å². The first kappa shape index (κ1) is 14.3. The summed E-state index contributed by atoms with van der Waals surface area (Å²) in [6.07, 6.45) is 2.20. The molecule has 5 nitrogen and oxygen atoms in total. The second kappa shape index (κ2) is 5.99. The predicted octanol–water partition coefficient (Wildman–Crippen LogP) is 1.48. The number of urea groups is 1. The lowest BCUT2D eigenvalue weighted by atomic mass is 9.96. The Balaban J connectivity index is 1.46. The first-order valence-electron chi connectivity index (χ1n) is 7.26. The number of ether oxygens (including phenoxy) is 1. The van der Waals surface area contributed by atoms with Crippen LogP contribution in [0.3, 0.4) is 0 Å². The first-order valence-corrected chi connectivity index (χ1v) is 7.26. The topological polar surface area (TPSA) is 70.6 Å². The standard InChI is InChI=1S/C15H19FN2O3/c16-11-4-2-1-3-10(11)13(19)8-17-15(20)18-12-7-9-5-6-14(12)21-9/h1-4,9,12-14,19H,5-8H2,(H2,17,18,20). The van der Waals surface area contributed by atoms with Crippen molar-refractivity contribution in [3.8, 4) is 0 Å². The smallest absolute Gasteiger partial charge is 0.315 e. The zero-order valence-electron chi connectivity index (χ0n) is 11.6. The molecule has 0 saturated carbocycles. The van der Waals surface area contributed by atoms with Gasteiger partial charge < -0.3 is 20.5 Å². The Bertz CT molecular complexity index is 525. The van der Waals surface area contributed by atoms with Gasteiger partial charge in [0, 0.05) is 12.1 Å². The van der Waals surface area contributed by atoms with Gasteiger partial charge in [-0.3, -0.25) is 0 Å². The highest BCUT2D eigenvalue weighted by Gasteiger charge is 2.41. The van der Waals surface area contributed by atoms with Gasteiger partial charge in [0.15, 0.2) is 0 Å². The van der Waals surface area contributed by atoms with Crippen molar-refractivity contribution in [2.24, 2.45) is 0 Å². The number of amides is 2. The zero-order chi connectivity index (χ0) is 14.8. The molecule has 1 aromatic rings. The van der Waals surface area contributed by atoms with Crippen molar-refractivity contribution < 1.29 is 19.0 Å². The Hall–Kier alpha value is -1.66. The molecule has 4 atom stereocenters. The van der Waals surface area contributed by atoms with Crippen LogP contribution in [-0.4, -0.2) is 35.9 Å². The van der Waals surface area contributed by atoms with Crippen LogP contribution in [0.2, 0.25) is 0 Å². The molecular weight excluding hydrogens is 275 g/mol. The molecule has 0 spiro atoms. The molecular formula is C15H19FN2O3. The largest absolute Gasteiger partial charge is 0.386 e. The summed E-state index contributed by atoms with van der Waals surface area (Å²) in [4.78, 5) is 11.8. The second-order valence-corrected chi connectivity index (χ2v) is 5.61. The van der Waals surface area contributed by atoms with Crippen molar-refractivity contribution in [1.29, 1.82) is 0 Å². The fraction of sp³-hybridized carbons (Fsp3) is 0.533. The van der Waals surface area contributed by atoms with Gasteiger partial charge in [-0.15, -0.1) is 0 Å². The summed E-state index contributed by atoms with van der Waals surface area (Å²) in [5.41, 5.74) is 0.182. The van der Waals surface area contributed by atoms with E-state index in [1.807, 2.05) is 0 Å². The summed E-state index contributed by atoms with van der Waals surface area (Å²) in [5.74, 6) is -0.478. The number of carbonyl (C=O) groups excluding carboxylic acids is 1. The Morgan fingerprint density at radius 1 is 1.43 bits per heavy atom. The molecule has 2 bridgehead atoms. The van der Waals surface area contributed by atoms with Crippen molar-refractivity contribution in [2.75, 3.05) is 6.54 Å². The fourth-order valence-corrected chi connectivity index (χ4v) is 3.05. The third-order valence-corrected chi connectivity index (χ3v) is 4.14. The third-order valence-electron chi connectivity index (χ3n) is 4.14. The number of aliphatic hydroxyl groups is 1. The summed E-state index contributed by atoms with van der Waals surface area (Å²) in [5, 5.41) is 15.3. The minimum atomic E-state index is -1.06. The number of nitrogens with one attached hydrogen (secondary N) is 2. The lowest BCUT2D eigenvalue weighted by Crippen LogP contribution is -2.47. The highest BCUT2D eigenvalue weighted by Crippen LogP contribution is 2.34. The number of hydrogen-bond donors (Lipinski definition) is 3. The van der Waals surface area contributed by atoms with E-state index < -0.39 is 11.9 Å². The maximum absolute atomic E-state index is 13.5. The van der Waals surface area contributed by atoms with Gasteiger partial charge in [0.25, 0.3) is 0 Å². The van der Waals surface area contributed by atoms with Crippen LogP contribution in [0.4, 0.5) is 9.18 Å². The van der Waals surface area contributed by atoms with Crippen molar-refractivity contribution in [1.82, 2.24) is 10.6 Å². The molecule has 3 N–H and O–H groups in total. The lowest BCUT2D eigenvalue weighted by Gasteiger charge is -2.21. The normalized spacial score (nSPS) is 28.4. The Morgan fingerprint density at radius 3 is 2.90 bits per heavy atom. The van der Waals surface area contributed by atoms with Gasteiger partial charge in [-0.05, 0) is 25.3 Å². The summed E-state index contributed by atoms with van der Waals surface area (Å²) in [7, 11) is 0. The van der Waals surface area contributed by atoms with Gasteiger partial charge >= 0.3 is 6.03 Å². The molecule has 2 saturated heterocycles. The van der Waals surface area contributed by atoms with Crippen LogP contribution in [-0.2, 0) is 4.74 Å². The second-order valence-electron chi connectivity index (χ2n) is 5.61. The molecule has 2 aliphatic rings. The van der Waals surface area contributed by atoms with Crippen LogP contribution < -0.4 is 10.6 Å². The van der Waals surface area contributed by atoms with Crippen LogP contribution >= 0.6 is 0 Å². The van der Waals surface area contributed by atoms with Crippen LogP contribution in [0.1, 0.15) is 30.9 Å². The highest BCUT2D eigenvalue weighted by atomic mass is 19.1. The van der Waals surface area contributed by atoms with E-state index in [1.54, 1.807) is 12.1 Å². The van der Waals surface area contributed by atoms with Crippen molar-refractivity contribution >= 4 is 6.03 Å². The van der Waals surface area contributed by atoms with Crippen molar-refractivity contribution in [2.45, 2.75) is 43.6 Å². The number of rotatable bonds is 4. The number of fused-ring (bicyclic) bond motifs is 2. The Morgan fingerprint density at radius 2 is 2.24 bits per heavy atom. The molecule has 114 valence electrons. The van der Waals surface area contributed by atoms with Gasteiger partial charge in [-0.1, -0.05) is 18.2 Å². The van der Waals surface area contributed by atoms with Gasteiger partial charge in [0.2, 0.25) is 0 Å². The molecule has 0 aromatic heterocycles. The SMILES string of the molecule is O=C(NCC(O)c1ccccc1F)NC1CC2CCC1O2. The van der Waals surface area contributed by atoms with Crippen LogP contribution in [0.15, 0.2) is 24.3 Å². The molecule has 3 rings (SSSR count). The number of aliphatic hydroxyl groups excluding tert-OH is 1. The van der Waals surface area contributed by atoms with Crippen LogP contribution in [0, 0.1) is 5.82 Å². The average Bonchev–Trinajstić information content (AvgIpc) is 3.08. The molecule has 21 heavy (non-hydrogen) atoms. The summed E-state index contributed by atoms with van der Waals surface area (Å²) in [6.45, 7) is -0.0333. The van der Waals surface area contributed by atoms with Crippen LogP contribution in [0.5, 0.6) is 0 Å². The number of benzene rings is 1. The molecule has 4 unspecified atom stereocenters. The molecule has 2 aliphatic heterocycles. The maximum Gasteiger partial charge on any atom is 0.315 e. The molecule has 1 aromatic carbocycles. The minimum absolute atomic E-state index is 0.0333. The quantitative estimate of drug-likeness (QED) is 0.787. The fourth-order valence-electron chi connectivity index (χ4n) is 3.05. The molecule has 2 amide bonds. The average molecular weight is 294 g/mol. The summed E-state index contributed by atoms with van der Waals surface area (Å²) < 4.78 is 19.1. The van der Waals surface area contributed by atoms with Gasteiger partial charge in [-0.25, -0.2) is 9.18 Å². The van der Waals surface area contributed by atoms with Crippen LogP contribution in [0.25, 0.3) is 0 Å². The predicted molar refractivity (Wildman–Crippen MR) is 74.2 cm³/mol. The molecule has 2 heterocycles. The highest BCUT2D eigenvalue weighted by molar-refractivity contribution is 5.74. The number of hydrogen-bond acceptors (Lipinski definition) is 3. The van der Waals surface area contributed by atoms with E-state index in [0.717, 1.165) is 19.3 Å². The van der Waals surface area contributed by atoms with E-state index in [4.69, 9.17) is 4.74 Å². The van der Waals surface area contributed by atoms with Gasteiger partial charge in [0.05, 0.1) is 24.4 Å². The van der Waals surface area contributed by atoms with Gasteiger partial charge in [-0.2, -0.15) is 0 Å². The third kappa shape index (κ3) is 3.16. The van der Waals surface area contributed by atoms with E-state index >= 15 is 0 Å². The van der Waals surface area contributed by atoms with Gasteiger partial charge in [0.1, 0.15) is 5.82 Å².